The number of hydrogen-bond acceptors (Lipinski definition) is 3. The first kappa shape index (κ1) is 9.69. The molecule has 0 aliphatic carbocycles. The van der Waals surface area contributed by atoms with Gasteiger partial charge in [-0.25, -0.2) is 9.97 Å². The lowest BCUT2D eigenvalue weighted by atomic mass is 10.1. The average molecular weight is 176 g/mol. The lowest BCUT2D eigenvalue weighted by Crippen LogP contribution is -2.16. The van der Waals surface area contributed by atoms with Crippen LogP contribution in [0.5, 0.6) is 0 Å². The highest BCUT2D eigenvalue weighted by Gasteiger charge is 2.08. The van der Waals surface area contributed by atoms with Gasteiger partial charge in [-0.1, -0.05) is 11.8 Å². The van der Waals surface area contributed by atoms with Gasteiger partial charge in [0.05, 0.1) is 11.2 Å². The first-order valence-corrected chi connectivity index (χ1v) is 4.04. The number of hydrogen-bond donors (Lipinski definition) is 1. The molecule has 0 spiro atoms. The Hall–Kier alpha value is -1.40. The van der Waals surface area contributed by atoms with Crippen LogP contribution in [0.3, 0.4) is 0 Å². The third kappa shape index (κ3) is 4.24. The van der Waals surface area contributed by atoms with Gasteiger partial charge in [-0.05, 0) is 13.8 Å². The lowest BCUT2D eigenvalue weighted by molar-refractivity contribution is 0.0862. The van der Waals surface area contributed by atoms with Gasteiger partial charge >= 0.3 is 0 Å². The Bertz CT molecular complexity index is 316. The van der Waals surface area contributed by atoms with E-state index in [1.165, 1.54) is 6.33 Å². The summed E-state index contributed by atoms with van der Waals surface area (Å²) in [5, 5.41) is 9.36. The zero-order valence-electron chi connectivity index (χ0n) is 7.78. The van der Waals surface area contributed by atoms with Gasteiger partial charge in [0.25, 0.3) is 0 Å². The van der Waals surface area contributed by atoms with E-state index in [4.69, 9.17) is 0 Å². The van der Waals surface area contributed by atoms with Crippen molar-refractivity contribution in [2.24, 2.45) is 0 Å². The van der Waals surface area contributed by atoms with Gasteiger partial charge in [0.15, 0.2) is 0 Å². The molecule has 0 saturated carbocycles. The van der Waals surface area contributed by atoms with E-state index in [2.05, 4.69) is 21.8 Å². The normalized spacial score (nSPS) is 10.4. The highest BCUT2D eigenvalue weighted by Crippen LogP contribution is 2.05. The largest absolute Gasteiger partial charge is 0.389 e. The third-order valence-electron chi connectivity index (χ3n) is 1.31. The summed E-state index contributed by atoms with van der Waals surface area (Å²) in [6.07, 6.45) is 5.19. The SMILES string of the molecule is CC(C)(O)CC#Cc1cncnc1. The molecule has 1 heterocycles. The fourth-order valence-electron chi connectivity index (χ4n) is 0.726. The Morgan fingerprint density at radius 3 is 2.54 bits per heavy atom. The number of aromatic nitrogens is 2. The van der Waals surface area contributed by atoms with Crippen LogP contribution in [0, 0.1) is 11.8 Å². The van der Waals surface area contributed by atoms with Crippen LogP contribution in [-0.4, -0.2) is 20.7 Å². The second-order valence-corrected chi connectivity index (χ2v) is 3.42. The van der Waals surface area contributed by atoms with Crippen molar-refractivity contribution in [2.45, 2.75) is 25.9 Å². The summed E-state index contributed by atoms with van der Waals surface area (Å²) in [5.74, 6) is 5.73. The summed E-state index contributed by atoms with van der Waals surface area (Å²) < 4.78 is 0. The molecule has 0 saturated heterocycles. The summed E-state index contributed by atoms with van der Waals surface area (Å²) in [4.78, 5) is 7.65. The van der Waals surface area contributed by atoms with Gasteiger partial charge in [0.2, 0.25) is 0 Å². The standard InChI is InChI=1S/C10H12N2O/c1-10(2,13)5-3-4-9-6-11-8-12-7-9/h6-8,13H,5H2,1-2H3. The van der Waals surface area contributed by atoms with Crippen molar-refractivity contribution in [1.82, 2.24) is 9.97 Å². The van der Waals surface area contributed by atoms with Crippen LogP contribution in [0.1, 0.15) is 25.8 Å². The first-order valence-electron chi connectivity index (χ1n) is 4.04. The molecule has 1 aromatic heterocycles. The average Bonchev–Trinajstić information content (AvgIpc) is 2.04. The van der Waals surface area contributed by atoms with Crippen LogP contribution >= 0.6 is 0 Å². The highest BCUT2D eigenvalue weighted by atomic mass is 16.3. The summed E-state index contributed by atoms with van der Waals surface area (Å²) in [7, 11) is 0. The van der Waals surface area contributed by atoms with Crippen molar-refractivity contribution in [3.8, 4) is 11.8 Å². The Morgan fingerprint density at radius 1 is 1.38 bits per heavy atom. The van der Waals surface area contributed by atoms with Gasteiger partial charge in [-0.15, -0.1) is 0 Å². The zero-order chi connectivity index (χ0) is 9.73. The van der Waals surface area contributed by atoms with E-state index in [-0.39, 0.29) is 0 Å². The maximum Gasteiger partial charge on any atom is 0.115 e. The van der Waals surface area contributed by atoms with Crippen molar-refractivity contribution < 1.29 is 5.11 Å². The summed E-state index contributed by atoms with van der Waals surface area (Å²) in [6.45, 7) is 3.45. The highest BCUT2D eigenvalue weighted by molar-refractivity contribution is 5.29. The molecule has 0 amide bonds. The molecule has 13 heavy (non-hydrogen) atoms. The minimum Gasteiger partial charge on any atom is -0.389 e. The number of nitrogens with zero attached hydrogens (tertiary/aromatic N) is 2. The van der Waals surface area contributed by atoms with Crippen molar-refractivity contribution in [3.63, 3.8) is 0 Å². The van der Waals surface area contributed by atoms with Crippen LogP contribution < -0.4 is 0 Å². The van der Waals surface area contributed by atoms with Gasteiger partial charge < -0.3 is 5.11 Å². The lowest BCUT2D eigenvalue weighted by Gasteiger charge is -2.11. The molecule has 0 aliphatic heterocycles. The van der Waals surface area contributed by atoms with Gasteiger partial charge in [-0.3, -0.25) is 0 Å². The number of aliphatic hydroxyl groups is 1. The topological polar surface area (TPSA) is 46.0 Å². The number of rotatable bonds is 1. The third-order valence-corrected chi connectivity index (χ3v) is 1.31. The molecule has 0 radical (unpaired) electrons. The van der Waals surface area contributed by atoms with Crippen LogP contribution in [0.2, 0.25) is 0 Å². The molecule has 0 unspecified atom stereocenters. The maximum atomic E-state index is 9.36. The summed E-state index contributed by atoms with van der Waals surface area (Å²) in [5.41, 5.74) is 0.0366. The Balaban J connectivity index is 2.59. The van der Waals surface area contributed by atoms with E-state index in [9.17, 15) is 5.11 Å². The van der Waals surface area contributed by atoms with E-state index in [1.807, 2.05) is 0 Å². The predicted octanol–water partition coefficient (Wildman–Crippen LogP) is 0.989. The minimum absolute atomic E-state index is 0.446. The Kier molecular flexibility index (Phi) is 2.99. The molecule has 0 fully saturated rings. The van der Waals surface area contributed by atoms with Gasteiger partial charge in [0.1, 0.15) is 6.33 Å². The predicted molar refractivity (Wildman–Crippen MR) is 49.8 cm³/mol. The smallest absolute Gasteiger partial charge is 0.115 e. The molecule has 3 nitrogen and oxygen atoms in total. The van der Waals surface area contributed by atoms with Crippen LogP contribution in [0.4, 0.5) is 0 Å². The van der Waals surface area contributed by atoms with Crippen LogP contribution in [0.15, 0.2) is 18.7 Å². The van der Waals surface area contributed by atoms with Crippen LogP contribution in [0.25, 0.3) is 0 Å². The van der Waals surface area contributed by atoms with E-state index >= 15 is 0 Å². The maximum absolute atomic E-state index is 9.36. The first-order chi connectivity index (χ1) is 6.08. The molecule has 0 aliphatic rings. The molecule has 1 N–H and O–H groups in total. The van der Waals surface area contributed by atoms with Crippen molar-refractivity contribution >= 4 is 0 Å². The molecule has 0 bridgehead atoms. The van der Waals surface area contributed by atoms with E-state index in [0.29, 0.717) is 6.42 Å². The van der Waals surface area contributed by atoms with Crippen molar-refractivity contribution in [1.29, 1.82) is 0 Å². The van der Waals surface area contributed by atoms with Crippen molar-refractivity contribution in [3.05, 3.63) is 24.3 Å². The molecule has 68 valence electrons. The zero-order valence-corrected chi connectivity index (χ0v) is 7.78. The molecular formula is C10H12N2O. The molecular weight excluding hydrogens is 164 g/mol. The monoisotopic (exact) mass is 176 g/mol. The van der Waals surface area contributed by atoms with Crippen molar-refractivity contribution in [2.75, 3.05) is 0 Å². The second kappa shape index (κ2) is 4.01. The molecule has 1 aromatic rings. The summed E-state index contributed by atoms with van der Waals surface area (Å²) in [6, 6.07) is 0. The Morgan fingerprint density at radius 2 is 2.00 bits per heavy atom. The fraction of sp³-hybridized carbons (Fsp3) is 0.400. The van der Waals surface area contributed by atoms with Gasteiger partial charge in [-0.2, -0.15) is 0 Å². The van der Waals surface area contributed by atoms with Crippen LogP contribution in [-0.2, 0) is 0 Å². The minimum atomic E-state index is -0.733. The quantitative estimate of drug-likeness (QED) is 0.649. The van der Waals surface area contributed by atoms with E-state index < -0.39 is 5.60 Å². The molecule has 1 rings (SSSR count). The summed E-state index contributed by atoms with van der Waals surface area (Å²) >= 11 is 0. The Labute approximate surface area is 77.9 Å². The second-order valence-electron chi connectivity index (χ2n) is 3.42. The fourth-order valence-corrected chi connectivity index (χ4v) is 0.726. The molecule has 0 aromatic carbocycles. The van der Waals surface area contributed by atoms with Gasteiger partial charge in [0, 0.05) is 18.8 Å². The molecule has 0 atom stereocenters. The van der Waals surface area contributed by atoms with E-state index in [0.717, 1.165) is 5.56 Å². The van der Waals surface area contributed by atoms with E-state index in [1.54, 1.807) is 26.2 Å². The molecule has 3 heteroatoms.